The molecular weight excluding hydrogens is 316 g/mol. The van der Waals surface area contributed by atoms with Crippen LogP contribution in [0.1, 0.15) is 11.3 Å². The number of carbonyl (C=O) groups excluding carboxylic acids is 1. The number of benzene rings is 2. The maximum absolute atomic E-state index is 12.7. The Bertz CT molecular complexity index is 850. The van der Waals surface area contributed by atoms with Crippen molar-refractivity contribution in [2.45, 2.75) is 6.54 Å². The van der Waals surface area contributed by atoms with E-state index in [4.69, 9.17) is 14.4 Å². The van der Waals surface area contributed by atoms with E-state index in [1.165, 1.54) is 0 Å². The summed E-state index contributed by atoms with van der Waals surface area (Å²) >= 11 is 0. The van der Waals surface area contributed by atoms with Gasteiger partial charge in [-0.25, -0.2) is 0 Å². The van der Waals surface area contributed by atoms with Gasteiger partial charge in [0.2, 0.25) is 0 Å². The number of furan rings is 1. The number of anilines is 1. The highest BCUT2D eigenvalue weighted by Gasteiger charge is 2.18. The zero-order chi connectivity index (χ0) is 17.5. The van der Waals surface area contributed by atoms with Crippen LogP contribution in [0.25, 0.3) is 0 Å². The summed E-state index contributed by atoms with van der Waals surface area (Å²) in [5.41, 5.74) is 1.31. The normalized spacial score (nSPS) is 10.0. The monoisotopic (exact) mass is 332 g/mol. The van der Waals surface area contributed by atoms with Crippen LogP contribution in [0, 0.1) is 11.3 Å². The first-order chi connectivity index (χ1) is 12.3. The third-order valence-corrected chi connectivity index (χ3v) is 3.61. The molecule has 0 aliphatic heterocycles. The molecule has 0 radical (unpaired) electrons. The second kappa shape index (κ2) is 7.84. The quantitative estimate of drug-likeness (QED) is 0.689. The summed E-state index contributed by atoms with van der Waals surface area (Å²) in [6.45, 7) is 0.216. The van der Waals surface area contributed by atoms with Crippen molar-refractivity contribution in [3.8, 4) is 11.8 Å². The molecule has 124 valence electrons. The topological polar surface area (TPSA) is 66.5 Å². The van der Waals surface area contributed by atoms with Gasteiger partial charge >= 0.3 is 0 Å². The van der Waals surface area contributed by atoms with Crippen molar-refractivity contribution in [2.75, 3.05) is 11.5 Å². The largest absolute Gasteiger partial charge is 0.484 e. The molecule has 5 nitrogen and oxygen atoms in total. The fourth-order valence-corrected chi connectivity index (χ4v) is 2.34. The van der Waals surface area contributed by atoms with Gasteiger partial charge in [-0.2, -0.15) is 5.26 Å². The van der Waals surface area contributed by atoms with Crippen molar-refractivity contribution in [3.63, 3.8) is 0 Å². The van der Waals surface area contributed by atoms with Crippen LogP contribution < -0.4 is 9.64 Å². The summed E-state index contributed by atoms with van der Waals surface area (Å²) in [7, 11) is 0. The number of amides is 1. The number of ether oxygens (including phenoxy) is 1. The standard InChI is InChI=1S/C20H16N2O3/c21-13-16-8-10-18(11-9-16)25-15-20(23)22(14-19-7-4-12-24-19)17-5-2-1-3-6-17/h1-12H,14-15H2. The molecule has 0 fully saturated rings. The molecule has 3 rings (SSSR count). The van der Waals surface area contributed by atoms with Crippen molar-refractivity contribution >= 4 is 11.6 Å². The molecule has 0 saturated heterocycles. The number of nitriles is 1. The Balaban J connectivity index is 1.71. The van der Waals surface area contributed by atoms with Crippen LogP contribution >= 0.6 is 0 Å². The lowest BCUT2D eigenvalue weighted by Gasteiger charge is -2.22. The fraction of sp³-hybridized carbons (Fsp3) is 0.100. The molecule has 1 heterocycles. The number of carbonyl (C=O) groups is 1. The zero-order valence-corrected chi connectivity index (χ0v) is 13.5. The zero-order valence-electron chi connectivity index (χ0n) is 13.5. The Labute approximate surface area is 145 Å². The van der Waals surface area contributed by atoms with Crippen molar-refractivity contribution in [2.24, 2.45) is 0 Å². The van der Waals surface area contributed by atoms with Crippen LogP contribution in [-0.2, 0) is 11.3 Å². The van der Waals surface area contributed by atoms with Gasteiger partial charge in [0.1, 0.15) is 11.5 Å². The van der Waals surface area contributed by atoms with Crippen molar-refractivity contribution < 1.29 is 13.9 Å². The molecular formula is C20H16N2O3. The Morgan fingerprint density at radius 2 is 1.80 bits per heavy atom. The van der Waals surface area contributed by atoms with Crippen LogP contribution in [0.3, 0.4) is 0 Å². The van der Waals surface area contributed by atoms with Crippen LogP contribution in [-0.4, -0.2) is 12.5 Å². The van der Waals surface area contributed by atoms with Gasteiger partial charge in [-0.1, -0.05) is 18.2 Å². The lowest BCUT2D eigenvalue weighted by Crippen LogP contribution is -2.34. The Morgan fingerprint density at radius 3 is 2.44 bits per heavy atom. The van der Waals surface area contributed by atoms with E-state index >= 15 is 0 Å². The molecule has 0 saturated carbocycles. The van der Waals surface area contributed by atoms with Gasteiger partial charge in [0.15, 0.2) is 6.61 Å². The van der Waals surface area contributed by atoms with Crippen LogP contribution in [0.2, 0.25) is 0 Å². The Kier molecular flexibility index (Phi) is 5.13. The minimum absolute atomic E-state index is 0.110. The van der Waals surface area contributed by atoms with E-state index in [0.29, 0.717) is 23.6 Å². The highest BCUT2D eigenvalue weighted by molar-refractivity contribution is 5.94. The van der Waals surface area contributed by atoms with E-state index < -0.39 is 0 Å². The molecule has 1 aromatic heterocycles. The van der Waals surface area contributed by atoms with Gasteiger partial charge < -0.3 is 14.1 Å². The minimum Gasteiger partial charge on any atom is -0.484 e. The molecule has 2 aromatic carbocycles. The molecule has 0 N–H and O–H groups in total. The van der Waals surface area contributed by atoms with Gasteiger partial charge in [-0.3, -0.25) is 4.79 Å². The molecule has 0 unspecified atom stereocenters. The summed E-state index contributed by atoms with van der Waals surface area (Å²) in [5.74, 6) is 1.04. The van der Waals surface area contributed by atoms with Gasteiger partial charge in [0.25, 0.3) is 5.91 Å². The lowest BCUT2D eigenvalue weighted by molar-refractivity contribution is -0.120. The maximum atomic E-state index is 12.7. The first-order valence-electron chi connectivity index (χ1n) is 7.77. The SMILES string of the molecule is N#Cc1ccc(OCC(=O)N(Cc2ccco2)c2ccccc2)cc1. The van der Waals surface area contributed by atoms with Crippen molar-refractivity contribution in [3.05, 3.63) is 84.3 Å². The number of nitrogens with zero attached hydrogens (tertiary/aromatic N) is 2. The summed E-state index contributed by atoms with van der Waals surface area (Å²) in [4.78, 5) is 14.3. The van der Waals surface area contributed by atoms with Crippen LogP contribution in [0.5, 0.6) is 5.75 Å². The van der Waals surface area contributed by atoms with E-state index in [-0.39, 0.29) is 12.5 Å². The van der Waals surface area contributed by atoms with Gasteiger partial charge in [0, 0.05) is 5.69 Å². The molecule has 0 atom stereocenters. The third kappa shape index (κ3) is 4.27. The molecule has 0 bridgehead atoms. The van der Waals surface area contributed by atoms with Crippen LogP contribution in [0.15, 0.2) is 77.4 Å². The summed E-state index contributed by atoms with van der Waals surface area (Å²) in [6.07, 6.45) is 1.58. The highest BCUT2D eigenvalue weighted by Crippen LogP contribution is 2.18. The minimum atomic E-state index is -0.188. The van der Waals surface area contributed by atoms with Crippen molar-refractivity contribution in [1.29, 1.82) is 5.26 Å². The molecule has 25 heavy (non-hydrogen) atoms. The van der Waals surface area contributed by atoms with E-state index in [9.17, 15) is 4.79 Å². The predicted octanol–water partition coefficient (Wildman–Crippen LogP) is 3.76. The van der Waals surface area contributed by atoms with E-state index in [1.807, 2.05) is 42.5 Å². The van der Waals surface area contributed by atoms with E-state index in [0.717, 1.165) is 5.69 Å². The number of hydrogen-bond donors (Lipinski definition) is 0. The van der Waals surface area contributed by atoms with Gasteiger partial charge in [-0.05, 0) is 48.5 Å². The molecule has 1 amide bonds. The molecule has 5 heteroatoms. The molecule has 0 aliphatic rings. The van der Waals surface area contributed by atoms with E-state index in [1.54, 1.807) is 41.5 Å². The summed E-state index contributed by atoms with van der Waals surface area (Å²) < 4.78 is 10.9. The Hall–Kier alpha value is -3.52. The smallest absolute Gasteiger partial charge is 0.265 e. The maximum Gasteiger partial charge on any atom is 0.265 e. The first kappa shape index (κ1) is 16.3. The molecule has 0 spiro atoms. The average molecular weight is 332 g/mol. The molecule has 3 aromatic rings. The Morgan fingerprint density at radius 1 is 1.04 bits per heavy atom. The fourth-order valence-electron chi connectivity index (χ4n) is 2.34. The molecule has 0 aliphatic carbocycles. The second-order valence-electron chi connectivity index (χ2n) is 5.32. The summed E-state index contributed by atoms with van der Waals surface area (Å²) in [6, 6.07) is 21.7. The first-order valence-corrected chi connectivity index (χ1v) is 7.77. The number of para-hydroxylation sites is 1. The van der Waals surface area contributed by atoms with Gasteiger partial charge in [0.05, 0.1) is 24.4 Å². The van der Waals surface area contributed by atoms with Gasteiger partial charge in [-0.15, -0.1) is 0 Å². The third-order valence-electron chi connectivity index (χ3n) is 3.61. The lowest BCUT2D eigenvalue weighted by atomic mass is 10.2. The van der Waals surface area contributed by atoms with Crippen molar-refractivity contribution in [1.82, 2.24) is 0 Å². The number of rotatable bonds is 6. The number of hydrogen-bond acceptors (Lipinski definition) is 4. The highest BCUT2D eigenvalue weighted by atomic mass is 16.5. The summed E-state index contributed by atoms with van der Waals surface area (Å²) in [5, 5.41) is 8.81. The predicted molar refractivity (Wildman–Crippen MR) is 93.0 cm³/mol. The second-order valence-corrected chi connectivity index (χ2v) is 5.32. The van der Waals surface area contributed by atoms with Crippen LogP contribution in [0.4, 0.5) is 5.69 Å². The average Bonchev–Trinajstić information content (AvgIpc) is 3.18. The van der Waals surface area contributed by atoms with E-state index in [2.05, 4.69) is 0 Å².